The highest BCUT2D eigenvalue weighted by Crippen LogP contribution is 2.15. The lowest BCUT2D eigenvalue weighted by atomic mass is 10.2. The van der Waals surface area contributed by atoms with Gasteiger partial charge in [0.1, 0.15) is 5.76 Å². The summed E-state index contributed by atoms with van der Waals surface area (Å²) in [4.78, 5) is 16.2. The van der Waals surface area contributed by atoms with Gasteiger partial charge in [0.15, 0.2) is 0 Å². The van der Waals surface area contributed by atoms with Crippen molar-refractivity contribution in [1.82, 2.24) is 9.55 Å². The molecule has 0 unspecified atom stereocenters. The second kappa shape index (κ2) is 4.61. The van der Waals surface area contributed by atoms with Crippen molar-refractivity contribution in [2.75, 3.05) is 5.32 Å². The first kappa shape index (κ1) is 11.5. The van der Waals surface area contributed by atoms with E-state index < -0.39 is 0 Å². The lowest BCUT2D eigenvalue weighted by Gasteiger charge is -2.06. The summed E-state index contributed by atoms with van der Waals surface area (Å²) in [6.45, 7) is 0.582. The highest BCUT2D eigenvalue weighted by Gasteiger charge is 2.03. The molecule has 0 atom stereocenters. The minimum absolute atomic E-state index is 0.0494. The Morgan fingerprint density at radius 3 is 3.05 bits per heavy atom. The van der Waals surface area contributed by atoms with Crippen LogP contribution in [0.15, 0.2) is 52.1 Å². The molecule has 0 aliphatic carbocycles. The van der Waals surface area contributed by atoms with E-state index in [1.54, 1.807) is 13.3 Å². The Labute approximate surface area is 109 Å². The molecular weight excluding hydrogens is 242 g/mol. The summed E-state index contributed by atoms with van der Waals surface area (Å²) >= 11 is 0. The summed E-state index contributed by atoms with van der Waals surface area (Å²) in [5.74, 6) is 0.846. The molecular formula is C14H13N3O2. The average molecular weight is 255 g/mol. The molecule has 3 aromatic rings. The van der Waals surface area contributed by atoms with Gasteiger partial charge in [0.05, 0.1) is 30.0 Å². The second-order valence-corrected chi connectivity index (χ2v) is 4.33. The van der Waals surface area contributed by atoms with Crippen LogP contribution in [-0.2, 0) is 13.6 Å². The van der Waals surface area contributed by atoms with Gasteiger partial charge in [0, 0.05) is 12.7 Å². The minimum atomic E-state index is -0.0494. The van der Waals surface area contributed by atoms with Crippen molar-refractivity contribution in [3.63, 3.8) is 0 Å². The molecule has 0 saturated carbocycles. The van der Waals surface area contributed by atoms with Crippen molar-refractivity contribution in [2.45, 2.75) is 6.54 Å². The lowest BCUT2D eigenvalue weighted by Crippen LogP contribution is -2.17. The fraction of sp³-hybridized carbons (Fsp3) is 0.143. The maximum absolute atomic E-state index is 12.0. The van der Waals surface area contributed by atoms with Crippen molar-refractivity contribution >= 4 is 16.6 Å². The molecule has 0 fully saturated rings. The summed E-state index contributed by atoms with van der Waals surface area (Å²) in [5, 5.41) is 3.82. The Morgan fingerprint density at radius 2 is 2.26 bits per heavy atom. The Kier molecular flexibility index (Phi) is 2.79. The van der Waals surface area contributed by atoms with Crippen LogP contribution in [0.25, 0.3) is 10.9 Å². The van der Waals surface area contributed by atoms with E-state index in [9.17, 15) is 4.79 Å². The molecule has 3 rings (SSSR count). The molecule has 96 valence electrons. The number of nitrogens with zero attached hydrogens (tertiary/aromatic N) is 2. The third kappa shape index (κ3) is 2.22. The zero-order valence-corrected chi connectivity index (χ0v) is 10.5. The van der Waals surface area contributed by atoms with Crippen molar-refractivity contribution in [3.8, 4) is 0 Å². The van der Waals surface area contributed by atoms with E-state index in [1.165, 1.54) is 10.9 Å². The fourth-order valence-corrected chi connectivity index (χ4v) is 1.92. The van der Waals surface area contributed by atoms with E-state index >= 15 is 0 Å². The normalized spacial score (nSPS) is 10.8. The Hall–Kier alpha value is -2.56. The Morgan fingerprint density at radius 1 is 1.37 bits per heavy atom. The number of benzene rings is 1. The van der Waals surface area contributed by atoms with Crippen LogP contribution in [0, 0.1) is 0 Å². The molecule has 1 aromatic carbocycles. The van der Waals surface area contributed by atoms with Crippen molar-refractivity contribution in [3.05, 3.63) is 59.0 Å². The number of aromatic nitrogens is 2. The molecule has 0 radical (unpaired) electrons. The summed E-state index contributed by atoms with van der Waals surface area (Å²) in [5.41, 5.74) is 1.52. The first-order chi connectivity index (χ1) is 9.24. The van der Waals surface area contributed by atoms with Gasteiger partial charge < -0.3 is 14.3 Å². The van der Waals surface area contributed by atoms with Gasteiger partial charge in [0.25, 0.3) is 5.56 Å². The molecule has 0 spiro atoms. The fourth-order valence-electron chi connectivity index (χ4n) is 1.92. The van der Waals surface area contributed by atoms with Gasteiger partial charge in [-0.25, -0.2) is 4.98 Å². The van der Waals surface area contributed by atoms with Gasteiger partial charge in [-0.05, 0) is 30.3 Å². The third-order valence-electron chi connectivity index (χ3n) is 2.96. The average Bonchev–Trinajstić information content (AvgIpc) is 2.94. The summed E-state index contributed by atoms with van der Waals surface area (Å²) < 4.78 is 6.72. The van der Waals surface area contributed by atoms with Gasteiger partial charge in [0.2, 0.25) is 0 Å². The summed E-state index contributed by atoms with van der Waals surface area (Å²) in [7, 11) is 1.69. The Balaban J connectivity index is 1.93. The first-order valence-electron chi connectivity index (χ1n) is 5.96. The highest BCUT2D eigenvalue weighted by atomic mass is 16.3. The van der Waals surface area contributed by atoms with E-state index in [-0.39, 0.29) is 5.56 Å². The maximum atomic E-state index is 12.0. The number of fused-ring (bicyclic) bond motifs is 1. The van der Waals surface area contributed by atoms with Crippen LogP contribution >= 0.6 is 0 Å². The number of furan rings is 1. The topological polar surface area (TPSA) is 60.1 Å². The first-order valence-corrected chi connectivity index (χ1v) is 5.96. The molecule has 0 aliphatic heterocycles. The number of anilines is 1. The van der Waals surface area contributed by atoms with Gasteiger partial charge in [-0.15, -0.1) is 0 Å². The number of hydrogen-bond donors (Lipinski definition) is 1. The standard InChI is InChI=1S/C14H13N3O2/c1-17-9-16-13-5-4-10(7-12(13)14(17)18)15-8-11-3-2-6-19-11/h2-7,9,15H,8H2,1H3. The molecule has 5 nitrogen and oxygen atoms in total. The van der Waals surface area contributed by atoms with E-state index in [1.807, 2.05) is 30.3 Å². The molecule has 0 amide bonds. The second-order valence-electron chi connectivity index (χ2n) is 4.33. The summed E-state index contributed by atoms with van der Waals surface area (Å²) in [6.07, 6.45) is 3.16. The van der Waals surface area contributed by atoms with Crippen molar-refractivity contribution in [1.29, 1.82) is 0 Å². The van der Waals surface area contributed by atoms with Gasteiger partial charge in [-0.3, -0.25) is 4.79 Å². The molecule has 0 saturated heterocycles. The van der Waals surface area contributed by atoms with Crippen LogP contribution in [-0.4, -0.2) is 9.55 Å². The number of hydrogen-bond acceptors (Lipinski definition) is 4. The molecule has 0 aliphatic rings. The molecule has 2 heterocycles. The molecule has 1 N–H and O–H groups in total. The quantitative estimate of drug-likeness (QED) is 0.779. The van der Waals surface area contributed by atoms with E-state index in [0.717, 1.165) is 11.4 Å². The maximum Gasteiger partial charge on any atom is 0.260 e. The number of aryl methyl sites for hydroxylation is 1. The number of rotatable bonds is 3. The van der Waals surface area contributed by atoms with Crippen molar-refractivity contribution < 1.29 is 4.42 Å². The monoisotopic (exact) mass is 255 g/mol. The van der Waals surface area contributed by atoms with Gasteiger partial charge in [-0.1, -0.05) is 0 Å². The zero-order chi connectivity index (χ0) is 13.2. The van der Waals surface area contributed by atoms with Gasteiger partial charge >= 0.3 is 0 Å². The SMILES string of the molecule is Cn1cnc2ccc(NCc3ccco3)cc2c1=O. The minimum Gasteiger partial charge on any atom is -0.467 e. The molecule has 19 heavy (non-hydrogen) atoms. The van der Waals surface area contributed by atoms with E-state index in [0.29, 0.717) is 17.4 Å². The smallest absolute Gasteiger partial charge is 0.260 e. The van der Waals surface area contributed by atoms with Crippen LogP contribution in [0.2, 0.25) is 0 Å². The predicted molar refractivity (Wildman–Crippen MR) is 73.0 cm³/mol. The van der Waals surface area contributed by atoms with Crippen LogP contribution in [0.5, 0.6) is 0 Å². The molecule has 0 bridgehead atoms. The Bertz CT molecular complexity index is 760. The zero-order valence-electron chi connectivity index (χ0n) is 10.5. The molecule has 5 heteroatoms. The lowest BCUT2D eigenvalue weighted by molar-refractivity contribution is 0.518. The highest BCUT2D eigenvalue weighted by molar-refractivity contribution is 5.81. The van der Waals surface area contributed by atoms with Crippen molar-refractivity contribution in [2.24, 2.45) is 7.05 Å². The molecule has 2 aromatic heterocycles. The summed E-state index contributed by atoms with van der Waals surface area (Å²) in [6, 6.07) is 9.29. The van der Waals surface area contributed by atoms with Gasteiger partial charge in [-0.2, -0.15) is 0 Å². The van der Waals surface area contributed by atoms with E-state index in [2.05, 4.69) is 10.3 Å². The van der Waals surface area contributed by atoms with Crippen LogP contribution < -0.4 is 10.9 Å². The van der Waals surface area contributed by atoms with Crippen LogP contribution in [0.4, 0.5) is 5.69 Å². The third-order valence-corrected chi connectivity index (χ3v) is 2.96. The van der Waals surface area contributed by atoms with Crippen LogP contribution in [0.1, 0.15) is 5.76 Å². The largest absolute Gasteiger partial charge is 0.467 e. The predicted octanol–water partition coefficient (Wildman–Crippen LogP) is 2.14. The van der Waals surface area contributed by atoms with Crippen LogP contribution in [0.3, 0.4) is 0 Å². The van der Waals surface area contributed by atoms with E-state index in [4.69, 9.17) is 4.42 Å². The number of nitrogens with one attached hydrogen (secondary N) is 1.